The number of aryl methyl sites for hydroxylation is 1. The first kappa shape index (κ1) is 20.5. The molecule has 1 aromatic carbocycles. The maximum absolute atomic E-state index is 13.1. The van der Waals surface area contributed by atoms with Gasteiger partial charge in [-0.15, -0.1) is 0 Å². The van der Waals surface area contributed by atoms with Gasteiger partial charge in [-0.2, -0.15) is 23.4 Å². The normalized spacial score (nSPS) is 14.8. The Hall–Kier alpha value is -3.41. The lowest BCUT2D eigenvalue weighted by molar-refractivity contribution is -0.137. The van der Waals surface area contributed by atoms with Gasteiger partial charge in [-0.1, -0.05) is 12.1 Å². The second-order valence-corrected chi connectivity index (χ2v) is 9.32. The molecule has 0 unspecified atom stereocenters. The zero-order valence-corrected chi connectivity index (χ0v) is 17.5. The van der Waals surface area contributed by atoms with Crippen molar-refractivity contribution in [1.82, 2.24) is 24.5 Å². The van der Waals surface area contributed by atoms with Gasteiger partial charge in [0, 0.05) is 18.6 Å². The van der Waals surface area contributed by atoms with Gasteiger partial charge in [0.1, 0.15) is 4.90 Å². The van der Waals surface area contributed by atoms with Crippen molar-refractivity contribution in [2.75, 3.05) is 4.72 Å². The van der Waals surface area contributed by atoms with Crippen LogP contribution in [0.15, 0.2) is 53.9 Å². The summed E-state index contributed by atoms with van der Waals surface area (Å²) in [5.74, 6) is 0.345. The third-order valence-corrected chi connectivity index (χ3v) is 6.67. The minimum atomic E-state index is -4.51. The summed E-state index contributed by atoms with van der Waals surface area (Å²) >= 11 is 0. The summed E-state index contributed by atoms with van der Waals surface area (Å²) in [7, 11) is -2.29. The number of rotatable bonds is 5. The van der Waals surface area contributed by atoms with Gasteiger partial charge in [-0.25, -0.2) is 18.1 Å². The van der Waals surface area contributed by atoms with Crippen LogP contribution in [0.25, 0.3) is 16.7 Å². The van der Waals surface area contributed by atoms with Crippen molar-refractivity contribution in [3.8, 4) is 5.82 Å². The SMILES string of the molecule is Cn1ncc2ccc(C3CC3)c(NS(=O)(=O)c3cnn(-c4ccc(C(F)(F)F)cn4)c3)c21. The summed E-state index contributed by atoms with van der Waals surface area (Å²) in [5, 5.41) is 8.99. The summed E-state index contributed by atoms with van der Waals surface area (Å²) in [6.45, 7) is 0. The molecule has 1 N–H and O–H groups in total. The van der Waals surface area contributed by atoms with Crippen molar-refractivity contribution >= 4 is 26.6 Å². The number of halogens is 3. The highest BCUT2D eigenvalue weighted by Crippen LogP contribution is 2.46. The van der Waals surface area contributed by atoms with Gasteiger partial charge in [0.2, 0.25) is 0 Å². The molecule has 32 heavy (non-hydrogen) atoms. The van der Waals surface area contributed by atoms with Crippen LogP contribution in [0.4, 0.5) is 18.9 Å². The molecular formula is C20H17F3N6O2S. The van der Waals surface area contributed by atoms with Gasteiger partial charge >= 0.3 is 6.18 Å². The number of pyridine rings is 1. The van der Waals surface area contributed by atoms with Crippen LogP contribution < -0.4 is 4.72 Å². The number of fused-ring (bicyclic) bond motifs is 1. The molecule has 3 aromatic heterocycles. The Labute approximate surface area is 180 Å². The van der Waals surface area contributed by atoms with Gasteiger partial charge in [0.05, 0.1) is 35.4 Å². The molecule has 3 heterocycles. The Morgan fingerprint density at radius 3 is 2.50 bits per heavy atom. The average Bonchev–Trinajstić information content (AvgIpc) is 3.31. The van der Waals surface area contributed by atoms with Crippen LogP contribution in [0, 0.1) is 0 Å². The number of sulfonamides is 1. The second kappa shape index (κ2) is 7.05. The predicted molar refractivity (Wildman–Crippen MR) is 110 cm³/mol. The number of anilines is 1. The van der Waals surface area contributed by atoms with Crippen LogP contribution in [-0.2, 0) is 23.2 Å². The van der Waals surface area contributed by atoms with Crippen molar-refractivity contribution in [3.05, 3.63) is 60.2 Å². The van der Waals surface area contributed by atoms with E-state index in [1.54, 1.807) is 17.9 Å². The van der Waals surface area contributed by atoms with E-state index in [1.165, 1.54) is 6.20 Å². The van der Waals surface area contributed by atoms with E-state index < -0.39 is 21.8 Å². The lowest BCUT2D eigenvalue weighted by Gasteiger charge is -2.14. The van der Waals surface area contributed by atoms with Crippen molar-refractivity contribution in [2.45, 2.75) is 29.8 Å². The molecule has 1 aliphatic rings. The van der Waals surface area contributed by atoms with E-state index >= 15 is 0 Å². The van der Waals surface area contributed by atoms with E-state index in [1.807, 2.05) is 12.1 Å². The molecule has 0 atom stereocenters. The molecule has 1 aliphatic carbocycles. The van der Waals surface area contributed by atoms with Crippen molar-refractivity contribution in [3.63, 3.8) is 0 Å². The molecule has 12 heteroatoms. The van der Waals surface area contributed by atoms with Crippen LogP contribution in [0.5, 0.6) is 0 Å². The van der Waals surface area contributed by atoms with E-state index in [-0.39, 0.29) is 16.6 Å². The van der Waals surface area contributed by atoms with Crippen LogP contribution >= 0.6 is 0 Å². The molecule has 0 aliphatic heterocycles. The molecule has 0 radical (unpaired) electrons. The maximum atomic E-state index is 13.1. The minimum Gasteiger partial charge on any atom is -0.277 e. The van der Waals surface area contributed by atoms with Crippen LogP contribution in [0.3, 0.4) is 0 Å². The molecule has 1 saturated carbocycles. The van der Waals surface area contributed by atoms with E-state index in [2.05, 4.69) is 19.9 Å². The van der Waals surface area contributed by atoms with E-state index in [9.17, 15) is 21.6 Å². The van der Waals surface area contributed by atoms with Gasteiger partial charge in [0.15, 0.2) is 5.82 Å². The summed E-state index contributed by atoms with van der Waals surface area (Å²) in [4.78, 5) is 3.60. The molecule has 0 saturated heterocycles. The largest absolute Gasteiger partial charge is 0.417 e. The summed E-state index contributed by atoms with van der Waals surface area (Å²) in [6.07, 6.45) is 2.12. The van der Waals surface area contributed by atoms with Gasteiger partial charge in [0.25, 0.3) is 10.0 Å². The fraction of sp³-hybridized carbons (Fsp3) is 0.250. The molecule has 4 aromatic rings. The van der Waals surface area contributed by atoms with Gasteiger partial charge in [-0.3, -0.25) is 9.40 Å². The maximum Gasteiger partial charge on any atom is 0.417 e. The van der Waals surface area contributed by atoms with E-state index in [4.69, 9.17) is 0 Å². The topological polar surface area (TPSA) is 94.7 Å². The zero-order valence-electron chi connectivity index (χ0n) is 16.7. The highest BCUT2D eigenvalue weighted by Gasteiger charge is 2.31. The first-order valence-corrected chi connectivity index (χ1v) is 11.2. The smallest absolute Gasteiger partial charge is 0.277 e. The second-order valence-electron chi connectivity index (χ2n) is 7.64. The standard InChI is InChI=1S/C20H17F3N6O2S/c1-28-19-13(8-25-28)4-6-16(12-2-3-12)18(19)27-32(30,31)15-10-26-29(11-15)17-7-5-14(9-24-17)20(21,22)23/h4-12,27H,2-3H2,1H3. The Morgan fingerprint density at radius 2 is 1.84 bits per heavy atom. The molecule has 1 fully saturated rings. The molecule has 8 nitrogen and oxygen atoms in total. The molecule has 166 valence electrons. The first-order chi connectivity index (χ1) is 15.1. The Kier molecular flexibility index (Phi) is 4.52. The number of hydrogen-bond donors (Lipinski definition) is 1. The van der Waals surface area contributed by atoms with Crippen LogP contribution in [0.1, 0.15) is 29.9 Å². The lowest BCUT2D eigenvalue weighted by atomic mass is 10.1. The lowest BCUT2D eigenvalue weighted by Crippen LogP contribution is -2.15. The number of nitrogens with one attached hydrogen (secondary N) is 1. The number of alkyl halides is 3. The number of nitrogens with zero attached hydrogens (tertiary/aromatic N) is 5. The third kappa shape index (κ3) is 3.60. The fourth-order valence-electron chi connectivity index (χ4n) is 3.58. The minimum absolute atomic E-state index is 0.0619. The predicted octanol–water partition coefficient (Wildman–Crippen LogP) is 3.85. The highest BCUT2D eigenvalue weighted by molar-refractivity contribution is 7.92. The Balaban J connectivity index is 1.49. The first-order valence-electron chi connectivity index (χ1n) is 9.69. The molecule has 5 rings (SSSR count). The van der Waals surface area contributed by atoms with Crippen LogP contribution in [-0.4, -0.2) is 33.0 Å². The highest BCUT2D eigenvalue weighted by atomic mass is 32.2. The Bertz CT molecular complexity index is 1420. The number of benzene rings is 1. The van der Waals surface area contributed by atoms with E-state index in [0.717, 1.165) is 46.8 Å². The Morgan fingerprint density at radius 1 is 1.06 bits per heavy atom. The van der Waals surface area contributed by atoms with Gasteiger partial charge in [-0.05, 0) is 36.5 Å². The summed E-state index contributed by atoms with van der Waals surface area (Å²) in [6, 6.07) is 5.82. The third-order valence-electron chi connectivity index (χ3n) is 5.37. The van der Waals surface area contributed by atoms with Crippen LogP contribution in [0.2, 0.25) is 0 Å². The summed E-state index contributed by atoms with van der Waals surface area (Å²) in [5.41, 5.74) is 1.15. The van der Waals surface area contributed by atoms with Crippen molar-refractivity contribution in [1.29, 1.82) is 0 Å². The number of hydrogen-bond acceptors (Lipinski definition) is 5. The quantitative estimate of drug-likeness (QED) is 0.486. The zero-order chi connectivity index (χ0) is 22.7. The van der Waals surface area contributed by atoms with Gasteiger partial charge < -0.3 is 0 Å². The van der Waals surface area contributed by atoms with Crippen molar-refractivity contribution in [2.24, 2.45) is 7.05 Å². The monoisotopic (exact) mass is 462 g/mol. The van der Waals surface area contributed by atoms with Crippen molar-refractivity contribution < 1.29 is 21.6 Å². The molecule has 0 spiro atoms. The molecular weight excluding hydrogens is 445 g/mol. The number of aromatic nitrogens is 5. The fourth-order valence-corrected chi connectivity index (χ4v) is 4.60. The van der Waals surface area contributed by atoms with E-state index in [0.29, 0.717) is 17.4 Å². The average molecular weight is 462 g/mol. The summed E-state index contributed by atoms with van der Waals surface area (Å²) < 4.78 is 69.9. The molecule has 0 amide bonds. The molecule has 0 bridgehead atoms.